The lowest BCUT2D eigenvalue weighted by molar-refractivity contribution is -0.116. The molecule has 8 heteroatoms. The molecule has 0 unspecified atom stereocenters. The summed E-state index contributed by atoms with van der Waals surface area (Å²) in [4.78, 5) is 15.9. The van der Waals surface area contributed by atoms with E-state index in [2.05, 4.69) is 10.3 Å². The number of nitriles is 1. The fraction of sp³-hybridized carbons (Fsp3) is 0.133. The van der Waals surface area contributed by atoms with Crippen LogP contribution >= 0.6 is 0 Å². The zero-order valence-electron chi connectivity index (χ0n) is 12.3. The molecule has 0 aliphatic carbocycles. The first-order valence-electron chi connectivity index (χ1n) is 6.61. The fourth-order valence-electron chi connectivity index (χ4n) is 1.79. The van der Waals surface area contributed by atoms with Crippen LogP contribution in [0.1, 0.15) is 5.56 Å². The number of aromatic nitrogens is 1. The van der Waals surface area contributed by atoms with Gasteiger partial charge in [0.1, 0.15) is 5.82 Å². The maximum atomic E-state index is 12.4. The lowest BCUT2D eigenvalue weighted by Crippen LogP contribution is -2.35. The Hall–Kier alpha value is -2.76. The molecule has 1 aromatic carbocycles. The van der Waals surface area contributed by atoms with Crippen LogP contribution in [-0.2, 0) is 14.8 Å². The summed E-state index contributed by atoms with van der Waals surface area (Å²) >= 11 is 0. The number of carbonyl (C=O) groups excluding carboxylic acids is 1. The van der Waals surface area contributed by atoms with Crippen molar-refractivity contribution in [2.75, 3.05) is 18.9 Å². The van der Waals surface area contributed by atoms with E-state index in [9.17, 15) is 13.2 Å². The fourth-order valence-corrected chi connectivity index (χ4v) is 2.91. The van der Waals surface area contributed by atoms with Crippen molar-refractivity contribution < 1.29 is 13.2 Å². The molecule has 2 aromatic rings. The van der Waals surface area contributed by atoms with Crippen LogP contribution in [0.25, 0.3) is 0 Å². The monoisotopic (exact) mass is 330 g/mol. The Kier molecular flexibility index (Phi) is 5.05. The number of amides is 1. The predicted octanol–water partition coefficient (Wildman–Crippen LogP) is 1.21. The van der Waals surface area contributed by atoms with E-state index >= 15 is 0 Å². The highest BCUT2D eigenvalue weighted by molar-refractivity contribution is 7.89. The normalized spacial score (nSPS) is 11.0. The highest BCUT2D eigenvalue weighted by Gasteiger charge is 2.23. The molecule has 0 aliphatic heterocycles. The Balaban J connectivity index is 2.07. The van der Waals surface area contributed by atoms with Crippen LogP contribution < -0.4 is 5.32 Å². The number of carbonyl (C=O) groups is 1. The Labute approximate surface area is 134 Å². The second kappa shape index (κ2) is 7.00. The van der Waals surface area contributed by atoms with Gasteiger partial charge in [-0.1, -0.05) is 6.07 Å². The molecule has 118 valence electrons. The van der Waals surface area contributed by atoms with Crippen LogP contribution in [0.3, 0.4) is 0 Å². The molecule has 0 aliphatic rings. The maximum Gasteiger partial charge on any atom is 0.243 e. The van der Waals surface area contributed by atoms with Gasteiger partial charge in [0.05, 0.1) is 23.1 Å². The summed E-state index contributed by atoms with van der Waals surface area (Å²) in [6.07, 6.45) is 1.52. The van der Waals surface area contributed by atoms with Gasteiger partial charge in [-0.2, -0.15) is 9.57 Å². The van der Waals surface area contributed by atoms with Gasteiger partial charge >= 0.3 is 0 Å². The van der Waals surface area contributed by atoms with Gasteiger partial charge < -0.3 is 5.32 Å². The predicted molar refractivity (Wildman–Crippen MR) is 83.8 cm³/mol. The Morgan fingerprint density at radius 3 is 2.52 bits per heavy atom. The lowest BCUT2D eigenvalue weighted by Gasteiger charge is -2.16. The van der Waals surface area contributed by atoms with Crippen molar-refractivity contribution in [1.29, 1.82) is 5.26 Å². The van der Waals surface area contributed by atoms with Crippen molar-refractivity contribution in [2.45, 2.75) is 4.90 Å². The smallest absolute Gasteiger partial charge is 0.243 e. The maximum absolute atomic E-state index is 12.4. The molecule has 0 radical (unpaired) electrons. The molecule has 1 aromatic heterocycles. The summed E-state index contributed by atoms with van der Waals surface area (Å²) in [5, 5.41) is 11.2. The molecule has 0 spiro atoms. The van der Waals surface area contributed by atoms with Gasteiger partial charge in [0, 0.05) is 13.2 Å². The first-order chi connectivity index (χ1) is 10.9. The third-order valence-electron chi connectivity index (χ3n) is 2.99. The van der Waals surface area contributed by atoms with Crippen molar-refractivity contribution in [3.63, 3.8) is 0 Å². The van der Waals surface area contributed by atoms with E-state index in [0.29, 0.717) is 11.4 Å². The van der Waals surface area contributed by atoms with Crippen LogP contribution in [0.2, 0.25) is 0 Å². The van der Waals surface area contributed by atoms with Gasteiger partial charge in [0.25, 0.3) is 0 Å². The number of nitrogens with one attached hydrogen (secondary N) is 1. The number of rotatable bonds is 5. The van der Waals surface area contributed by atoms with E-state index in [1.54, 1.807) is 18.2 Å². The number of hydrogen-bond donors (Lipinski definition) is 1. The molecule has 0 fully saturated rings. The summed E-state index contributed by atoms with van der Waals surface area (Å²) in [6.45, 7) is -0.348. The van der Waals surface area contributed by atoms with E-state index in [4.69, 9.17) is 5.26 Å². The molecule has 1 amide bonds. The number of benzene rings is 1. The van der Waals surface area contributed by atoms with Crippen LogP contribution in [0, 0.1) is 11.3 Å². The van der Waals surface area contributed by atoms with Gasteiger partial charge in [-0.15, -0.1) is 0 Å². The zero-order valence-corrected chi connectivity index (χ0v) is 13.1. The van der Waals surface area contributed by atoms with Crippen LogP contribution in [-0.4, -0.2) is 37.2 Å². The van der Waals surface area contributed by atoms with Crippen LogP contribution in [0.4, 0.5) is 5.82 Å². The summed E-state index contributed by atoms with van der Waals surface area (Å²) in [7, 11) is -2.50. The summed E-state index contributed by atoms with van der Waals surface area (Å²) < 4.78 is 25.7. The van der Waals surface area contributed by atoms with Crippen molar-refractivity contribution in [3.8, 4) is 6.07 Å². The molecule has 23 heavy (non-hydrogen) atoms. The number of anilines is 1. The van der Waals surface area contributed by atoms with Crippen LogP contribution in [0.5, 0.6) is 0 Å². The molecule has 0 saturated heterocycles. The number of pyridine rings is 1. The number of hydrogen-bond acceptors (Lipinski definition) is 5. The minimum atomic E-state index is -3.81. The second-order valence-electron chi connectivity index (χ2n) is 4.66. The molecule has 2 rings (SSSR count). The quantitative estimate of drug-likeness (QED) is 0.887. The van der Waals surface area contributed by atoms with E-state index < -0.39 is 15.9 Å². The van der Waals surface area contributed by atoms with Gasteiger partial charge in [-0.05, 0) is 36.4 Å². The molecule has 0 atom stereocenters. The summed E-state index contributed by atoms with van der Waals surface area (Å²) in [6, 6.07) is 12.4. The largest absolute Gasteiger partial charge is 0.310 e. The van der Waals surface area contributed by atoms with Gasteiger partial charge in [-0.25, -0.2) is 13.4 Å². The van der Waals surface area contributed by atoms with Crippen molar-refractivity contribution in [3.05, 3.63) is 54.2 Å². The second-order valence-corrected chi connectivity index (χ2v) is 6.71. The van der Waals surface area contributed by atoms with E-state index in [1.165, 1.54) is 37.5 Å². The van der Waals surface area contributed by atoms with Gasteiger partial charge in [-0.3, -0.25) is 4.79 Å². The van der Waals surface area contributed by atoms with Crippen molar-refractivity contribution in [1.82, 2.24) is 9.29 Å². The number of likely N-dealkylation sites (N-methyl/N-ethyl adjacent to an activating group) is 1. The molecule has 1 N–H and O–H groups in total. The Bertz CT molecular complexity index is 827. The molecular weight excluding hydrogens is 316 g/mol. The number of sulfonamides is 1. The Morgan fingerprint density at radius 1 is 1.26 bits per heavy atom. The first-order valence-corrected chi connectivity index (χ1v) is 8.05. The SMILES string of the molecule is CN(CC(=O)Nc1ccccn1)S(=O)(=O)c1ccc(C#N)cc1. The minimum absolute atomic E-state index is 0.0182. The highest BCUT2D eigenvalue weighted by atomic mass is 32.2. The minimum Gasteiger partial charge on any atom is -0.310 e. The first kappa shape index (κ1) is 16.6. The zero-order chi connectivity index (χ0) is 16.9. The third kappa shape index (κ3) is 4.12. The van der Waals surface area contributed by atoms with E-state index in [1.807, 2.05) is 6.07 Å². The molecule has 0 bridgehead atoms. The van der Waals surface area contributed by atoms with E-state index in [-0.39, 0.29) is 11.4 Å². The van der Waals surface area contributed by atoms with E-state index in [0.717, 1.165) is 4.31 Å². The Morgan fingerprint density at radius 2 is 1.96 bits per heavy atom. The average molecular weight is 330 g/mol. The van der Waals surface area contributed by atoms with Crippen molar-refractivity contribution >= 4 is 21.7 Å². The standard InChI is InChI=1S/C15H14N4O3S/c1-19(11-15(20)18-14-4-2-3-9-17-14)23(21,22)13-7-5-12(10-16)6-8-13/h2-9H,11H2,1H3,(H,17,18,20). The highest BCUT2D eigenvalue weighted by Crippen LogP contribution is 2.15. The third-order valence-corrected chi connectivity index (χ3v) is 4.81. The molecular formula is C15H14N4O3S. The molecule has 7 nitrogen and oxygen atoms in total. The van der Waals surface area contributed by atoms with Crippen molar-refractivity contribution in [2.24, 2.45) is 0 Å². The summed E-state index contributed by atoms with van der Waals surface area (Å²) in [5.41, 5.74) is 0.361. The topological polar surface area (TPSA) is 103 Å². The van der Waals surface area contributed by atoms with Crippen LogP contribution in [0.15, 0.2) is 53.6 Å². The van der Waals surface area contributed by atoms with Gasteiger partial charge in [0.15, 0.2) is 0 Å². The molecule has 1 heterocycles. The van der Waals surface area contributed by atoms with Gasteiger partial charge in [0.2, 0.25) is 15.9 Å². The molecule has 0 saturated carbocycles. The number of nitrogens with zero attached hydrogens (tertiary/aromatic N) is 3. The lowest BCUT2D eigenvalue weighted by atomic mass is 10.2. The summed E-state index contributed by atoms with van der Waals surface area (Å²) in [5.74, 6) is -0.148. The average Bonchev–Trinajstić information content (AvgIpc) is 2.55.